The van der Waals surface area contributed by atoms with Crippen LogP contribution < -0.4 is 5.30 Å². The van der Waals surface area contributed by atoms with E-state index in [9.17, 15) is 14.4 Å². The number of benzene rings is 1. The monoisotopic (exact) mass is 298 g/mol. The van der Waals surface area contributed by atoms with Gasteiger partial charge in [-0.25, -0.2) is 14.4 Å². The van der Waals surface area contributed by atoms with Crippen LogP contribution >= 0.6 is 18.5 Å². The molecule has 0 saturated heterocycles. The van der Waals surface area contributed by atoms with Gasteiger partial charge in [0.2, 0.25) is 0 Å². The Morgan fingerprint density at radius 3 is 2.00 bits per heavy atom. The quantitative estimate of drug-likeness (QED) is 0.249. The number of isocyanates is 3. The zero-order valence-electron chi connectivity index (χ0n) is 9.13. The van der Waals surface area contributed by atoms with Gasteiger partial charge < -0.3 is 0 Å². The molecule has 0 spiro atoms. The summed E-state index contributed by atoms with van der Waals surface area (Å²) in [7, 11) is 0. The van der Waals surface area contributed by atoms with E-state index in [0.717, 1.165) is 12.2 Å². The highest BCUT2D eigenvalue weighted by atomic mass is 32.7. The summed E-state index contributed by atoms with van der Waals surface area (Å²) in [6, 6.07) is 8.16. The lowest BCUT2D eigenvalue weighted by Crippen LogP contribution is -2.10. The van der Waals surface area contributed by atoms with Gasteiger partial charge in [0.25, 0.3) is 29.8 Å². The number of nitrogens with zero attached hydrogens (tertiary/aromatic N) is 3. The third-order valence-electron chi connectivity index (χ3n) is 1.63. The molecule has 8 nitrogen and oxygen atoms in total. The predicted octanol–water partition coefficient (Wildman–Crippen LogP) is 1.59. The minimum atomic E-state index is -3.27. The second-order valence-electron chi connectivity index (χ2n) is 2.63. The van der Waals surface area contributed by atoms with Crippen molar-refractivity contribution in [1.29, 1.82) is 0 Å². The minimum absolute atomic E-state index is 0.400. The van der Waals surface area contributed by atoms with E-state index in [0.29, 0.717) is 16.9 Å². The molecular weight excluding hydrogens is 293 g/mol. The molecule has 0 fully saturated rings. The van der Waals surface area contributed by atoms with Crippen LogP contribution in [-0.4, -0.2) is 18.2 Å². The summed E-state index contributed by atoms with van der Waals surface area (Å²) in [5, 5.41) is 6.29. The highest BCUT2D eigenvalue weighted by molar-refractivity contribution is 8.61. The number of hydrogen-bond donors (Lipinski definition) is 0. The molecule has 10 heteroatoms. The molecule has 1 aromatic rings. The Bertz CT molecular complexity index is 514. The van der Waals surface area contributed by atoms with E-state index in [4.69, 9.17) is 9.25 Å². The van der Waals surface area contributed by atoms with E-state index in [-0.39, 0.29) is 0 Å². The lowest BCUT2D eigenvalue weighted by Gasteiger charge is -2.10. The molecule has 0 aliphatic rings. The molecule has 0 amide bonds. The molecule has 0 aliphatic heterocycles. The van der Waals surface area contributed by atoms with E-state index in [2.05, 4.69) is 14.7 Å². The van der Waals surface area contributed by atoms with Crippen LogP contribution in [0.1, 0.15) is 0 Å². The van der Waals surface area contributed by atoms with Crippen molar-refractivity contribution in [1.82, 2.24) is 0 Å². The Kier molecular flexibility index (Phi) is 6.19. The summed E-state index contributed by atoms with van der Waals surface area (Å²) < 4.78 is 13.0. The molecule has 0 unspecified atom stereocenters. The Labute approximate surface area is 111 Å². The normalized spacial score (nSPS) is 11.8. The second-order valence-corrected chi connectivity index (χ2v) is 6.74. The predicted molar refractivity (Wildman–Crippen MR) is 67.1 cm³/mol. The topological polar surface area (TPSA) is 107 Å². The van der Waals surface area contributed by atoms with Crippen LogP contribution in [0.3, 0.4) is 0 Å². The van der Waals surface area contributed by atoms with Crippen LogP contribution in [0.15, 0.2) is 45.0 Å². The lowest BCUT2D eigenvalue weighted by molar-refractivity contribution is 0.268. The first-order chi connectivity index (χ1) is 9.29. The van der Waals surface area contributed by atoms with Crippen LogP contribution in [0.25, 0.3) is 0 Å². The van der Waals surface area contributed by atoms with Gasteiger partial charge in [0.1, 0.15) is 0 Å². The molecule has 96 valence electrons. The van der Waals surface area contributed by atoms with Crippen molar-refractivity contribution in [3.05, 3.63) is 30.3 Å². The summed E-state index contributed by atoms with van der Waals surface area (Å²) >= 11 is 0.525. The van der Waals surface area contributed by atoms with Gasteiger partial charge in [-0.2, -0.15) is 9.25 Å². The van der Waals surface area contributed by atoms with Crippen molar-refractivity contribution in [2.75, 3.05) is 0 Å². The van der Waals surface area contributed by atoms with E-state index in [1.807, 2.05) is 0 Å². The van der Waals surface area contributed by atoms with Crippen molar-refractivity contribution in [3.8, 4) is 0 Å². The molecule has 0 bridgehead atoms. The van der Waals surface area contributed by atoms with Gasteiger partial charge in [0.15, 0.2) is 5.30 Å². The van der Waals surface area contributed by atoms with Crippen LogP contribution in [-0.2, 0) is 23.6 Å². The fraction of sp³-hybridized carbons (Fsp3) is 0. The van der Waals surface area contributed by atoms with Gasteiger partial charge in [-0.05, 0) is 12.1 Å². The van der Waals surface area contributed by atoms with Crippen LogP contribution in [0.5, 0.6) is 0 Å². The molecule has 1 aromatic carbocycles. The third kappa shape index (κ3) is 4.16. The summed E-state index contributed by atoms with van der Waals surface area (Å²) in [5.41, 5.74) is 0. The molecule has 0 radical (unpaired) electrons. The van der Waals surface area contributed by atoms with Gasteiger partial charge in [0.05, 0.1) is 10.3 Å². The highest BCUT2D eigenvalue weighted by Crippen LogP contribution is 2.71. The average molecular weight is 298 g/mol. The van der Waals surface area contributed by atoms with E-state index in [1.165, 1.54) is 6.08 Å². The first kappa shape index (κ1) is 14.8. The van der Waals surface area contributed by atoms with Crippen molar-refractivity contribution in [3.63, 3.8) is 0 Å². The number of hydrogen-bond acceptors (Lipinski definition) is 9. The van der Waals surface area contributed by atoms with Gasteiger partial charge in [0, 0.05) is 0 Å². The second kappa shape index (κ2) is 7.95. The Morgan fingerprint density at radius 2 is 1.53 bits per heavy atom. The fourth-order valence-corrected chi connectivity index (χ4v) is 3.79. The molecule has 19 heavy (non-hydrogen) atoms. The van der Waals surface area contributed by atoms with Crippen molar-refractivity contribution in [2.45, 2.75) is 0 Å². The molecule has 0 heterocycles. The smallest absolute Gasteiger partial charge is 0.210 e. The van der Waals surface area contributed by atoms with E-state index >= 15 is 0 Å². The maximum atomic E-state index is 10.2. The molecule has 0 saturated carbocycles. The zero-order chi connectivity index (χ0) is 14.0. The first-order valence-corrected chi connectivity index (χ1v) is 7.52. The maximum absolute atomic E-state index is 10.2. The van der Waals surface area contributed by atoms with Crippen molar-refractivity contribution >= 4 is 42.0 Å². The minimum Gasteiger partial charge on any atom is -0.210 e. The van der Waals surface area contributed by atoms with Crippen LogP contribution in [0, 0.1) is 0 Å². The van der Waals surface area contributed by atoms with Gasteiger partial charge >= 0.3 is 6.92 Å². The lowest BCUT2D eigenvalue weighted by atomic mass is 10.4. The molecule has 0 aliphatic carbocycles. The Hall–Kier alpha value is -2.26. The van der Waals surface area contributed by atoms with E-state index in [1.54, 1.807) is 30.3 Å². The average Bonchev–Trinajstić information content (AvgIpc) is 2.48. The van der Waals surface area contributed by atoms with Gasteiger partial charge in [-0.3, -0.25) is 0 Å². The molecule has 0 atom stereocenters. The van der Waals surface area contributed by atoms with Crippen LogP contribution in [0.4, 0.5) is 0 Å². The zero-order valence-corrected chi connectivity index (χ0v) is 10.8. The largest absolute Gasteiger partial charge is 0.545 e. The van der Waals surface area contributed by atoms with Gasteiger partial charge in [-0.1, -0.05) is 22.6 Å². The standard InChI is InChI=1S/C9H5N3O5PS/c13-6-10-16-18(17-11-7-14,19-12-8-15)9-4-2-1-3-5-9/h1-5H/q+1. The molecule has 0 aromatic heterocycles. The van der Waals surface area contributed by atoms with Crippen LogP contribution in [0.2, 0.25) is 0 Å². The number of rotatable bonds is 7. The molecular formula is C9H5N3O5PS+. The summed E-state index contributed by atoms with van der Waals surface area (Å²) in [6.07, 6.45) is 3.58. The first-order valence-electron chi connectivity index (χ1n) is 4.51. The Morgan fingerprint density at radius 1 is 0.947 bits per heavy atom. The van der Waals surface area contributed by atoms with E-state index < -0.39 is 6.92 Å². The maximum Gasteiger partial charge on any atom is 0.545 e. The third-order valence-corrected chi connectivity index (χ3v) is 5.45. The molecule has 1 rings (SSSR count). The SMILES string of the molecule is O=C=NO[P+](ON=C=O)(SN=C=O)c1ccccc1. The van der Waals surface area contributed by atoms with Crippen molar-refractivity contribution in [2.24, 2.45) is 14.7 Å². The molecule has 0 N–H and O–H groups in total. The summed E-state index contributed by atoms with van der Waals surface area (Å²) in [5.74, 6) is 0. The summed E-state index contributed by atoms with van der Waals surface area (Å²) in [6.45, 7) is -3.27. The summed E-state index contributed by atoms with van der Waals surface area (Å²) in [4.78, 5) is 30.5. The highest BCUT2D eigenvalue weighted by Gasteiger charge is 2.54. The Balaban J connectivity index is 3.26. The van der Waals surface area contributed by atoms with Crippen molar-refractivity contribution < 1.29 is 23.6 Å². The number of carbonyl (C=O) groups excluding carboxylic acids is 3. The van der Waals surface area contributed by atoms with Gasteiger partial charge in [-0.15, -0.1) is 0 Å². The fourth-order valence-electron chi connectivity index (χ4n) is 1.01.